The van der Waals surface area contributed by atoms with Crippen molar-refractivity contribution in [3.05, 3.63) is 59.2 Å². The molecule has 0 bridgehead atoms. The number of hydrogen-bond acceptors (Lipinski definition) is 3. The summed E-state index contributed by atoms with van der Waals surface area (Å²) in [5.74, 6) is 0.733. The second-order valence-corrected chi connectivity index (χ2v) is 6.14. The number of nitrogens with zero attached hydrogens (tertiary/aromatic N) is 1. The average Bonchev–Trinajstić information content (AvgIpc) is 2.54. The van der Waals surface area contributed by atoms with Crippen molar-refractivity contribution in [2.45, 2.75) is 24.9 Å². The van der Waals surface area contributed by atoms with Crippen LogP contribution in [0.15, 0.2) is 42.5 Å². The molecule has 2 aromatic carbocycles. The molecule has 1 aliphatic heterocycles. The number of fused-ring (bicyclic) bond motifs is 1. The van der Waals surface area contributed by atoms with E-state index in [1.807, 2.05) is 24.3 Å². The molecule has 0 saturated heterocycles. The Kier molecular flexibility index (Phi) is 4.55. The Bertz CT molecular complexity index is 645. The van der Waals surface area contributed by atoms with Crippen molar-refractivity contribution < 1.29 is 9.84 Å². The Balaban J connectivity index is 1.72. The first-order valence-corrected chi connectivity index (χ1v) is 7.92. The summed E-state index contributed by atoms with van der Waals surface area (Å²) in [6, 6.07) is 14.0. The lowest BCUT2D eigenvalue weighted by Gasteiger charge is -2.32. The SMILES string of the molecule is COc1cc2c(cc1O)CN(C(Cl)Cc1ccccc1)CC2. The van der Waals surface area contributed by atoms with E-state index in [1.165, 1.54) is 11.1 Å². The predicted molar refractivity (Wildman–Crippen MR) is 88.6 cm³/mol. The summed E-state index contributed by atoms with van der Waals surface area (Å²) in [5, 5.41) is 9.95. The third-order valence-electron chi connectivity index (χ3n) is 4.19. The molecule has 0 aromatic heterocycles. The summed E-state index contributed by atoms with van der Waals surface area (Å²) in [6.45, 7) is 1.68. The van der Waals surface area contributed by atoms with Crippen molar-refractivity contribution in [1.29, 1.82) is 0 Å². The number of phenols is 1. The van der Waals surface area contributed by atoms with Gasteiger partial charge in [0.15, 0.2) is 11.5 Å². The van der Waals surface area contributed by atoms with Crippen LogP contribution in [-0.2, 0) is 19.4 Å². The van der Waals surface area contributed by atoms with Gasteiger partial charge in [-0.1, -0.05) is 30.3 Å². The van der Waals surface area contributed by atoms with Crippen LogP contribution in [0.3, 0.4) is 0 Å². The van der Waals surface area contributed by atoms with E-state index in [0.29, 0.717) is 5.75 Å². The number of phenolic OH excluding ortho intramolecular Hbond substituents is 1. The molecule has 1 atom stereocenters. The zero-order chi connectivity index (χ0) is 15.5. The van der Waals surface area contributed by atoms with E-state index < -0.39 is 0 Å². The fraction of sp³-hybridized carbons (Fsp3) is 0.333. The number of ether oxygens (including phenoxy) is 1. The maximum Gasteiger partial charge on any atom is 0.160 e. The van der Waals surface area contributed by atoms with Crippen molar-refractivity contribution in [3.8, 4) is 11.5 Å². The zero-order valence-corrected chi connectivity index (χ0v) is 13.4. The summed E-state index contributed by atoms with van der Waals surface area (Å²) >= 11 is 6.60. The molecular formula is C18H20ClNO2. The first kappa shape index (κ1) is 15.2. The number of benzene rings is 2. The minimum atomic E-state index is -0.0419. The van der Waals surface area contributed by atoms with Gasteiger partial charge in [0.1, 0.15) is 0 Å². The Hall–Kier alpha value is -1.71. The lowest BCUT2D eigenvalue weighted by molar-refractivity contribution is 0.229. The average molecular weight is 318 g/mol. The first-order chi connectivity index (χ1) is 10.7. The van der Waals surface area contributed by atoms with E-state index in [0.717, 1.165) is 31.5 Å². The second kappa shape index (κ2) is 6.59. The molecular weight excluding hydrogens is 298 g/mol. The third-order valence-corrected chi connectivity index (χ3v) is 4.62. The Morgan fingerprint density at radius 2 is 2.00 bits per heavy atom. The highest BCUT2D eigenvalue weighted by Crippen LogP contribution is 2.33. The molecule has 0 saturated carbocycles. The maximum absolute atomic E-state index is 9.95. The van der Waals surface area contributed by atoms with Crippen LogP contribution in [0.5, 0.6) is 11.5 Å². The normalized spacial score (nSPS) is 16.1. The fourth-order valence-electron chi connectivity index (χ4n) is 2.94. The molecule has 0 fully saturated rings. The highest BCUT2D eigenvalue weighted by Gasteiger charge is 2.23. The largest absolute Gasteiger partial charge is 0.504 e. The lowest BCUT2D eigenvalue weighted by Crippen LogP contribution is -2.37. The van der Waals surface area contributed by atoms with Gasteiger partial charge in [0.05, 0.1) is 12.6 Å². The number of rotatable bonds is 4. The number of alkyl halides is 1. The molecule has 1 N–H and O–H groups in total. The standard InChI is InChI=1S/C18H20ClNO2/c1-22-17-11-14-7-8-20(12-15(14)10-16(17)21)18(19)9-13-5-3-2-4-6-13/h2-6,10-11,18,21H,7-9,12H2,1H3. The van der Waals surface area contributed by atoms with Crippen LogP contribution in [0.1, 0.15) is 16.7 Å². The molecule has 1 heterocycles. The Morgan fingerprint density at radius 1 is 1.23 bits per heavy atom. The van der Waals surface area contributed by atoms with Crippen LogP contribution in [0.2, 0.25) is 0 Å². The summed E-state index contributed by atoms with van der Waals surface area (Å²) in [6.07, 6.45) is 1.74. The van der Waals surface area contributed by atoms with Crippen molar-refractivity contribution in [2.75, 3.05) is 13.7 Å². The Labute approximate surface area is 136 Å². The van der Waals surface area contributed by atoms with Crippen LogP contribution in [0.4, 0.5) is 0 Å². The summed E-state index contributed by atoms with van der Waals surface area (Å²) in [4.78, 5) is 2.25. The third kappa shape index (κ3) is 3.21. The predicted octanol–water partition coefficient (Wildman–Crippen LogP) is 3.57. The van der Waals surface area contributed by atoms with Gasteiger partial charge in [-0.05, 0) is 35.2 Å². The molecule has 0 aliphatic carbocycles. The molecule has 2 aromatic rings. The summed E-state index contributed by atoms with van der Waals surface area (Å²) in [7, 11) is 1.57. The van der Waals surface area contributed by atoms with E-state index in [2.05, 4.69) is 17.0 Å². The maximum atomic E-state index is 9.95. The van der Waals surface area contributed by atoms with Crippen LogP contribution >= 0.6 is 11.6 Å². The molecule has 0 radical (unpaired) electrons. The second-order valence-electron chi connectivity index (χ2n) is 5.64. The minimum Gasteiger partial charge on any atom is -0.504 e. The van der Waals surface area contributed by atoms with Gasteiger partial charge in [0, 0.05) is 19.5 Å². The smallest absolute Gasteiger partial charge is 0.160 e. The highest BCUT2D eigenvalue weighted by atomic mass is 35.5. The molecule has 116 valence electrons. The van der Waals surface area contributed by atoms with E-state index in [4.69, 9.17) is 16.3 Å². The number of aromatic hydroxyl groups is 1. The van der Waals surface area contributed by atoms with Gasteiger partial charge in [-0.25, -0.2) is 0 Å². The van der Waals surface area contributed by atoms with Crippen LogP contribution in [-0.4, -0.2) is 29.2 Å². The molecule has 3 rings (SSSR count). The van der Waals surface area contributed by atoms with Crippen molar-refractivity contribution in [3.63, 3.8) is 0 Å². The van der Waals surface area contributed by atoms with Crippen LogP contribution < -0.4 is 4.74 Å². The highest BCUT2D eigenvalue weighted by molar-refractivity contribution is 6.20. The molecule has 3 nitrogen and oxygen atoms in total. The lowest BCUT2D eigenvalue weighted by atomic mass is 9.98. The molecule has 1 unspecified atom stereocenters. The monoisotopic (exact) mass is 317 g/mol. The Morgan fingerprint density at radius 3 is 2.73 bits per heavy atom. The quantitative estimate of drug-likeness (QED) is 0.691. The molecule has 4 heteroatoms. The van der Waals surface area contributed by atoms with E-state index in [1.54, 1.807) is 13.2 Å². The number of halogens is 1. The van der Waals surface area contributed by atoms with Gasteiger partial charge in [-0.15, -0.1) is 11.6 Å². The molecule has 1 aliphatic rings. The van der Waals surface area contributed by atoms with Crippen molar-refractivity contribution >= 4 is 11.6 Å². The van der Waals surface area contributed by atoms with Crippen LogP contribution in [0, 0.1) is 0 Å². The molecule has 0 spiro atoms. The first-order valence-electron chi connectivity index (χ1n) is 7.48. The van der Waals surface area contributed by atoms with Gasteiger partial charge in [-0.2, -0.15) is 0 Å². The minimum absolute atomic E-state index is 0.0419. The fourth-order valence-corrected chi connectivity index (χ4v) is 3.28. The summed E-state index contributed by atoms with van der Waals surface area (Å²) < 4.78 is 5.17. The number of methoxy groups -OCH3 is 1. The van der Waals surface area contributed by atoms with Gasteiger partial charge in [0.2, 0.25) is 0 Å². The van der Waals surface area contributed by atoms with Crippen LogP contribution in [0.25, 0.3) is 0 Å². The van der Waals surface area contributed by atoms with Crippen molar-refractivity contribution in [2.24, 2.45) is 0 Å². The summed E-state index contributed by atoms with van der Waals surface area (Å²) in [5.41, 5.74) is 3.56. The molecule has 0 amide bonds. The van der Waals surface area contributed by atoms with Gasteiger partial charge >= 0.3 is 0 Å². The van der Waals surface area contributed by atoms with E-state index in [9.17, 15) is 5.11 Å². The molecule has 22 heavy (non-hydrogen) atoms. The van der Waals surface area contributed by atoms with Gasteiger partial charge < -0.3 is 9.84 Å². The van der Waals surface area contributed by atoms with Gasteiger partial charge in [-0.3, -0.25) is 4.90 Å². The zero-order valence-electron chi connectivity index (χ0n) is 12.6. The van der Waals surface area contributed by atoms with Crippen molar-refractivity contribution in [1.82, 2.24) is 4.90 Å². The number of hydrogen-bond donors (Lipinski definition) is 1. The van der Waals surface area contributed by atoms with Gasteiger partial charge in [0.25, 0.3) is 0 Å². The topological polar surface area (TPSA) is 32.7 Å². The van der Waals surface area contributed by atoms with E-state index >= 15 is 0 Å². The van der Waals surface area contributed by atoms with E-state index in [-0.39, 0.29) is 11.3 Å².